The van der Waals surface area contributed by atoms with Crippen molar-refractivity contribution in [3.8, 4) is 0 Å². The molecule has 0 radical (unpaired) electrons. The Labute approximate surface area is 145 Å². The number of likely N-dealkylation sites (tertiary alicyclic amines) is 1. The number of rotatable bonds is 4. The van der Waals surface area contributed by atoms with E-state index in [0.717, 1.165) is 44.5 Å². The van der Waals surface area contributed by atoms with E-state index in [0.29, 0.717) is 0 Å². The van der Waals surface area contributed by atoms with Gasteiger partial charge in [0, 0.05) is 39.4 Å². The minimum atomic E-state index is 0. The van der Waals surface area contributed by atoms with Crippen LogP contribution in [0, 0.1) is 5.92 Å². The van der Waals surface area contributed by atoms with Crippen LogP contribution in [0.2, 0.25) is 0 Å². The van der Waals surface area contributed by atoms with Gasteiger partial charge < -0.3 is 10.2 Å². The maximum Gasteiger partial charge on any atom is 0.193 e. The fraction of sp³-hybridized carbons (Fsp3) is 0.733. The van der Waals surface area contributed by atoms with Gasteiger partial charge in [0.25, 0.3) is 0 Å². The molecule has 120 valence electrons. The molecule has 1 N–H and O–H groups in total. The third-order valence-corrected chi connectivity index (χ3v) is 3.84. The van der Waals surface area contributed by atoms with Gasteiger partial charge in [-0.3, -0.25) is 9.67 Å². The van der Waals surface area contributed by atoms with Gasteiger partial charge in [0.05, 0.1) is 6.20 Å². The highest BCUT2D eigenvalue weighted by molar-refractivity contribution is 14.0. The molecule has 0 amide bonds. The van der Waals surface area contributed by atoms with E-state index >= 15 is 0 Å². The SMILES string of the molecule is CCNC(=NCCc1cnn(C)c1)N1CCC(C)CC1.I. The molecular weight excluding hydrogens is 377 g/mol. The molecule has 2 heterocycles. The number of aromatic nitrogens is 2. The number of nitrogens with zero attached hydrogens (tertiary/aromatic N) is 4. The highest BCUT2D eigenvalue weighted by Crippen LogP contribution is 2.15. The summed E-state index contributed by atoms with van der Waals surface area (Å²) in [4.78, 5) is 7.16. The fourth-order valence-electron chi connectivity index (χ4n) is 2.54. The minimum absolute atomic E-state index is 0. The molecule has 0 saturated carbocycles. The number of hydrogen-bond acceptors (Lipinski definition) is 2. The molecule has 1 fully saturated rings. The lowest BCUT2D eigenvalue weighted by molar-refractivity contribution is 0.273. The zero-order chi connectivity index (χ0) is 14.4. The molecule has 0 aliphatic carbocycles. The van der Waals surface area contributed by atoms with Crippen LogP contribution in [0.25, 0.3) is 0 Å². The maximum atomic E-state index is 4.76. The van der Waals surface area contributed by atoms with Crippen molar-refractivity contribution < 1.29 is 0 Å². The lowest BCUT2D eigenvalue weighted by atomic mass is 10.00. The van der Waals surface area contributed by atoms with Gasteiger partial charge in [0.2, 0.25) is 0 Å². The van der Waals surface area contributed by atoms with Crippen LogP contribution in [0.15, 0.2) is 17.4 Å². The van der Waals surface area contributed by atoms with Crippen molar-refractivity contribution in [1.29, 1.82) is 0 Å². The van der Waals surface area contributed by atoms with Crippen LogP contribution in [0.4, 0.5) is 0 Å². The molecule has 1 aromatic heterocycles. The molecule has 1 aromatic rings. The topological polar surface area (TPSA) is 45.5 Å². The largest absolute Gasteiger partial charge is 0.357 e. The second-order valence-electron chi connectivity index (χ2n) is 5.68. The molecule has 1 aliphatic heterocycles. The van der Waals surface area contributed by atoms with Crippen LogP contribution < -0.4 is 5.32 Å². The van der Waals surface area contributed by atoms with E-state index in [1.54, 1.807) is 0 Å². The van der Waals surface area contributed by atoms with Crippen LogP contribution in [-0.2, 0) is 13.5 Å². The molecule has 0 atom stereocenters. The second-order valence-corrected chi connectivity index (χ2v) is 5.68. The molecule has 0 spiro atoms. The van der Waals surface area contributed by atoms with Crippen molar-refractivity contribution in [1.82, 2.24) is 20.0 Å². The number of piperidine rings is 1. The van der Waals surface area contributed by atoms with E-state index in [9.17, 15) is 0 Å². The zero-order valence-corrected chi connectivity index (χ0v) is 15.7. The first-order valence-corrected chi connectivity index (χ1v) is 7.69. The lowest BCUT2D eigenvalue weighted by Gasteiger charge is -2.33. The summed E-state index contributed by atoms with van der Waals surface area (Å²) >= 11 is 0. The van der Waals surface area contributed by atoms with Crippen molar-refractivity contribution in [2.24, 2.45) is 18.0 Å². The van der Waals surface area contributed by atoms with E-state index in [4.69, 9.17) is 4.99 Å². The Bertz CT molecular complexity index is 435. The normalized spacial score (nSPS) is 16.7. The van der Waals surface area contributed by atoms with Crippen molar-refractivity contribution in [2.75, 3.05) is 26.2 Å². The highest BCUT2D eigenvalue weighted by atomic mass is 127. The summed E-state index contributed by atoms with van der Waals surface area (Å²) in [5, 5.41) is 7.60. The average Bonchev–Trinajstić information content (AvgIpc) is 2.84. The molecule has 0 aromatic carbocycles. The summed E-state index contributed by atoms with van der Waals surface area (Å²) in [6, 6.07) is 0. The molecule has 1 aliphatic rings. The lowest BCUT2D eigenvalue weighted by Crippen LogP contribution is -2.45. The smallest absolute Gasteiger partial charge is 0.193 e. The van der Waals surface area contributed by atoms with Gasteiger partial charge >= 0.3 is 0 Å². The quantitative estimate of drug-likeness (QED) is 0.475. The summed E-state index contributed by atoms with van der Waals surface area (Å²) in [7, 11) is 1.95. The van der Waals surface area contributed by atoms with Crippen molar-refractivity contribution >= 4 is 29.9 Å². The van der Waals surface area contributed by atoms with Gasteiger partial charge in [-0.15, -0.1) is 24.0 Å². The van der Waals surface area contributed by atoms with E-state index in [1.807, 2.05) is 17.9 Å². The monoisotopic (exact) mass is 405 g/mol. The molecule has 21 heavy (non-hydrogen) atoms. The second kappa shape index (κ2) is 9.27. The molecule has 1 saturated heterocycles. The Balaban J connectivity index is 0.00000220. The van der Waals surface area contributed by atoms with Gasteiger partial charge in [-0.2, -0.15) is 5.10 Å². The number of guanidine groups is 1. The third kappa shape index (κ3) is 5.84. The number of aliphatic imine (C=N–C) groups is 1. The molecule has 0 unspecified atom stereocenters. The van der Waals surface area contributed by atoms with Crippen molar-refractivity contribution in [3.63, 3.8) is 0 Å². The highest BCUT2D eigenvalue weighted by Gasteiger charge is 2.18. The standard InChI is InChI=1S/C15H27N5.HI/c1-4-16-15(20-9-6-13(2)7-10-20)17-8-5-14-11-18-19(3)12-14;/h11-13H,4-10H2,1-3H3,(H,16,17);1H. The average molecular weight is 405 g/mol. The van der Waals surface area contributed by atoms with Crippen molar-refractivity contribution in [2.45, 2.75) is 33.1 Å². The van der Waals surface area contributed by atoms with Gasteiger partial charge in [-0.25, -0.2) is 0 Å². The number of aryl methyl sites for hydroxylation is 1. The number of hydrogen-bond donors (Lipinski definition) is 1. The third-order valence-electron chi connectivity index (χ3n) is 3.84. The predicted molar refractivity (Wildman–Crippen MR) is 98.3 cm³/mol. The van der Waals surface area contributed by atoms with Gasteiger partial charge in [-0.1, -0.05) is 6.92 Å². The Hall–Kier alpha value is -0.790. The number of nitrogens with one attached hydrogen (secondary N) is 1. The molecule has 6 heteroatoms. The molecule has 0 bridgehead atoms. The summed E-state index contributed by atoms with van der Waals surface area (Å²) in [5.74, 6) is 1.92. The molecular formula is C15H28IN5. The fourth-order valence-corrected chi connectivity index (χ4v) is 2.54. The zero-order valence-electron chi connectivity index (χ0n) is 13.4. The summed E-state index contributed by atoms with van der Waals surface area (Å²) in [6.45, 7) is 8.46. The Morgan fingerprint density at radius 1 is 1.43 bits per heavy atom. The van der Waals surface area contributed by atoms with Gasteiger partial charge in [0.15, 0.2) is 5.96 Å². The van der Waals surface area contributed by atoms with Gasteiger partial charge in [0.1, 0.15) is 0 Å². The summed E-state index contributed by atoms with van der Waals surface area (Å²) in [6.07, 6.45) is 7.48. The van der Waals surface area contributed by atoms with E-state index < -0.39 is 0 Å². The molecule has 5 nitrogen and oxygen atoms in total. The van der Waals surface area contributed by atoms with Crippen LogP contribution >= 0.6 is 24.0 Å². The summed E-state index contributed by atoms with van der Waals surface area (Å²) < 4.78 is 1.84. The predicted octanol–water partition coefficient (Wildman–Crippen LogP) is 2.28. The van der Waals surface area contributed by atoms with E-state index in [1.165, 1.54) is 18.4 Å². The maximum absolute atomic E-state index is 4.76. The van der Waals surface area contributed by atoms with E-state index in [2.05, 4.69) is 35.4 Å². The first-order valence-electron chi connectivity index (χ1n) is 7.69. The number of halogens is 1. The van der Waals surface area contributed by atoms with Crippen LogP contribution in [0.3, 0.4) is 0 Å². The van der Waals surface area contributed by atoms with E-state index in [-0.39, 0.29) is 24.0 Å². The Morgan fingerprint density at radius 3 is 2.71 bits per heavy atom. The van der Waals surface area contributed by atoms with Gasteiger partial charge in [-0.05, 0) is 37.7 Å². The van der Waals surface area contributed by atoms with Crippen molar-refractivity contribution in [3.05, 3.63) is 18.0 Å². The minimum Gasteiger partial charge on any atom is -0.357 e. The Kier molecular flexibility index (Phi) is 8.06. The molecule has 2 rings (SSSR count). The first kappa shape index (κ1) is 18.3. The van der Waals surface area contributed by atoms with Crippen LogP contribution in [0.1, 0.15) is 32.3 Å². The Morgan fingerprint density at radius 2 is 2.14 bits per heavy atom. The van der Waals surface area contributed by atoms with Crippen LogP contribution in [0.5, 0.6) is 0 Å². The first-order chi connectivity index (χ1) is 9.69. The summed E-state index contributed by atoms with van der Waals surface area (Å²) in [5.41, 5.74) is 1.25. The van der Waals surface area contributed by atoms with Crippen LogP contribution in [-0.4, -0.2) is 46.8 Å².